The van der Waals surface area contributed by atoms with Crippen molar-refractivity contribution in [2.45, 2.75) is 64.8 Å². The van der Waals surface area contributed by atoms with Gasteiger partial charge in [-0.2, -0.15) is 4.57 Å². The quantitative estimate of drug-likeness (QED) is 0.138. The van der Waals surface area contributed by atoms with Crippen LogP contribution in [-0.4, -0.2) is 12.5 Å². The maximum Gasteiger partial charge on any atom is 0.251 e. The van der Waals surface area contributed by atoms with Gasteiger partial charge in [-0.05, 0) is 86.4 Å². The lowest BCUT2D eigenvalue weighted by Crippen LogP contribution is -2.43. The summed E-state index contributed by atoms with van der Waals surface area (Å²) in [6, 6.07) is 37.0. The number of aromatic nitrogens is 1. The fourth-order valence-corrected chi connectivity index (χ4v) is 7.35. The van der Waals surface area contributed by atoms with Gasteiger partial charge in [-0.1, -0.05) is 90.8 Å². The summed E-state index contributed by atoms with van der Waals surface area (Å²) in [6.45, 7) is 3.76. The Bertz CT molecular complexity index is 1730. The minimum Gasteiger partial charge on any atom is -0.352 e. The number of amides is 1. The van der Waals surface area contributed by atoms with Crippen LogP contribution in [-0.2, 0) is 32.2 Å². The van der Waals surface area contributed by atoms with E-state index in [4.69, 9.17) is 0 Å². The molecule has 2 aliphatic carbocycles. The van der Waals surface area contributed by atoms with E-state index in [1.54, 1.807) is 0 Å². The Hall–Kier alpha value is -4.50. The molecule has 3 heteroatoms. The van der Waals surface area contributed by atoms with Crippen molar-refractivity contribution in [3.63, 3.8) is 0 Å². The van der Waals surface area contributed by atoms with Gasteiger partial charge < -0.3 is 5.32 Å². The van der Waals surface area contributed by atoms with E-state index in [2.05, 4.69) is 88.7 Å². The zero-order valence-electron chi connectivity index (χ0n) is 25.7. The van der Waals surface area contributed by atoms with Crippen molar-refractivity contribution in [2.75, 3.05) is 6.54 Å². The summed E-state index contributed by atoms with van der Waals surface area (Å²) in [5, 5.41) is 3.11. The number of nitrogens with zero attached hydrogens (tertiary/aromatic N) is 1. The molecule has 44 heavy (non-hydrogen) atoms. The lowest BCUT2D eigenvalue weighted by molar-refractivity contribution is -0.676. The molecule has 2 aliphatic rings. The topological polar surface area (TPSA) is 33.0 Å². The molecular weight excluding hydrogens is 536 g/mol. The van der Waals surface area contributed by atoms with E-state index in [0.717, 1.165) is 70.0 Å². The number of carbonyl (C=O) groups is 1. The molecule has 0 atom stereocenters. The second-order valence-corrected chi connectivity index (χ2v) is 12.4. The number of hydrogen-bond donors (Lipinski definition) is 1. The van der Waals surface area contributed by atoms with E-state index >= 15 is 0 Å². The summed E-state index contributed by atoms with van der Waals surface area (Å²) in [5.74, 6) is 0.0228. The first-order valence-electron chi connectivity index (χ1n) is 16.4. The van der Waals surface area contributed by atoms with Crippen LogP contribution in [0.25, 0.3) is 33.6 Å². The lowest BCUT2D eigenvalue weighted by atomic mass is 9.77. The number of hydrogen-bond acceptors (Lipinski definition) is 1. The highest BCUT2D eigenvalue weighted by atomic mass is 16.1. The highest BCUT2D eigenvalue weighted by Gasteiger charge is 2.37. The molecule has 0 aliphatic heterocycles. The van der Waals surface area contributed by atoms with Crippen molar-refractivity contribution in [1.29, 1.82) is 0 Å². The zero-order valence-corrected chi connectivity index (χ0v) is 25.7. The molecule has 0 unspecified atom stereocenters. The zero-order chi connectivity index (χ0) is 29.9. The minimum atomic E-state index is 0.0228. The Morgan fingerprint density at radius 1 is 0.636 bits per heavy atom. The first-order valence-corrected chi connectivity index (χ1v) is 16.4. The van der Waals surface area contributed by atoms with Crippen molar-refractivity contribution >= 4 is 5.91 Å². The minimum absolute atomic E-state index is 0.0228. The molecule has 4 aromatic carbocycles. The van der Waals surface area contributed by atoms with Gasteiger partial charge in [0.05, 0.1) is 0 Å². The summed E-state index contributed by atoms with van der Waals surface area (Å²) in [7, 11) is 0. The molecule has 1 amide bonds. The summed E-state index contributed by atoms with van der Waals surface area (Å²) in [4.78, 5) is 12.5. The Balaban J connectivity index is 1.19. The second-order valence-electron chi connectivity index (χ2n) is 12.4. The van der Waals surface area contributed by atoms with Crippen LogP contribution in [0.3, 0.4) is 0 Å². The Morgan fingerprint density at radius 2 is 1.20 bits per heavy atom. The molecule has 0 saturated heterocycles. The van der Waals surface area contributed by atoms with Crippen LogP contribution in [0.2, 0.25) is 0 Å². The number of unbranched alkanes of at least 4 members (excludes halogenated alkanes) is 3. The van der Waals surface area contributed by atoms with Gasteiger partial charge in [-0.25, -0.2) is 0 Å². The van der Waals surface area contributed by atoms with Crippen molar-refractivity contribution in [2.24, 2.45) is 0 Å². The predicted octanol–water partition coefficient (Wildman–Crippen LogP) is 8.47. The first kappa shape index (κ1) is 28.3. The monoisotopic (exact) mass is 577 g/mol. The van der Waals surface area contributed by atoms with Crippen molar-refractivity contribution in [1.82, 2.24) is 5.32 Å². The molecule has 3 nitrogen and oxygen atoms in total. The molecule has 0 fully saturated rings. The summed E-state index contributed by atoms with van der Waals surface area (Å²) in [5.41, 5.74) is 16.3. The van der Waals surface area contributed by atoms with Gasteiger partial charge >= 0.3 is 0 Å². The highest BCUT2D eigenvalue weighted by molar-refractivity contribution is 5.94. The van der Waals surface area contributed by atoms with Gasteiger partial charge in [-0.15, -0.1) is 0 Å². The van der Waals surface area contributed by atoms with Crippen molar-refractivity contribution < 1.29 is 9.36 Å². The molecule has 0 saturated carbocycles. The SMILES string of the molecule is Cc1ccc(C(=O)NCCCCCC[n+]2c3c(c(-c4ccccc4)c4c2-c2ccccc2CC4)CCc2ccccc2-3)cc1. The molecule has 5 aromatic rings. The van der Waals surface area contributed by atoms with Gasteiger partial charge in [0, 0.05) is 46.3 Å². The lowest BCUT2D eigenvalue weighted by Gasteiger charge is -2.28. The van der Waals surface area contributed by atoms with Crippen LogP contribution in [0.4, 0.5) is 0 Å². The molecule has 0 radical (unpaired) electrons. The maximum atomic E-state index is 12.5. The molecule has 7 rings (SSSR count). The van der Waals surface area contributed by atoms with Crippen LogP contribution in [0.1, 0.15) is 63.9 Å². The standard InChI is InChI=1S/C41H40N2O/c1-29-19-21-33(22-20-29)41(44)42-27-11-2-3-12-28-43-39-34-17-9-7-13-30(34)23-25-36(39)38(32-15-5-4-6-16-32)37-26-24-31-14-8-10-18-35(31)40(37)43/h4-10,13-22H,2-3,11-12,23-28H2,1H3/p+1. The molecule has 1 aromatic heterocycles. The number of fused-ring (bicyclic) bond motifs is 6. The fraction of sp³-hybridized carbons (Fsp3) is 0.268. The predicted molar refractivity (Wildman–Crippen MR) is 180 cm³/mol. The summed E-state index contributed by atoms with van der Waals surface area (Å²) >= 11 is 0. The number of nitrogens with one attached hydrogen (secondary N) is 1. The third-order valence-electron chi connectivity index (χ3n) is 9.52. The number of rotatable bonds is 9. The van der Waals surface area contributed by atoms with Gasteiger partial charge in [0.2, 0.25) is 11.4 Å². The molecular formula is C41H41N2O+. The number of benzene rings is 4. The fourth-order valence-electron chi connectivity index (χ4n) is 7.35. The average Bonchev–Trinajstić information content (AvgIpc) is 3.07. The maximum absolute atomic E-state index is 12.5. The van der Waals surface area contributed by atoms with Crippen LogP contribution in [0.15, 0.2) is 103 Å². The van der Waals surface area contributed by atoms with Crippen molar-refractivity contribution in [3.8, 4) is 33.6 Å². The van der Waals surface area contributed by atoms with Gasteiger partial charge in [-0.3, -0.25) is 4.79 Å². The van der Waals surface area contributed by atoms with Gasteiger partial charge in [0.1, 0.15) is 6.54 Å². The van der Waals surface area contributed by atoms with Gasteiger partial charge in [0.25, 0.3) is 5.91 Å². The third-order valence-corrected chi connectivity index (χ3v) is 9.52. The molecule has 220 valence electrons. The van der Waals surface area contributed by atoms with E-state index in [0.29, 0.717) is 0 Å². The van der Waals surface area contributed by atoms with Crippen LogP contribution < -0.4 is 9.88 Å². The normalized spacial score (nSPS) is 12.9. The van der Waals surface area contributed by atoms with Gasteiger partial charge in [0.15, 0.2) is 0 Å². The van der Waals surface area contributed by atoms with E-state index in [9.17, 15) is 4.79 Å². The molecule has 0 spiro atoms. The van der Waals surface area contributed by atoms with Crippen LogP contribution >= 0.6 is 0 Å². The Kier molecular flexibility index (Phi) is 8.11. The smallest absolute Gasteiger partial charge is 0.251 e. The van der Waals surface area contributed by atoms with E-state index in [-0.39, 0.29) is 5.91 Å². The largest absolute Gasteiger partial charge is 0.352 e. The van der Waals surface area contributed by atoms with E-state index < -0.39 is 0 Å². The molecule has 1 N–H and O–H groups in total. The molecule has 0 bridgehead atoms. The Labute approximate surface area is 261 Å². The highest BCUT2D eigenvalue weighted by Crippen LogP contribution is 2.44. The van der Waals surface area contributed by atoms with Crippen LogP contribution in [0.5, 0.6) is 0 Å². The Morgan fingerprint density at radius 3 is 1.84 bits per heavy atom. The average molecular weight is 578 g/mol. The van der Waals surface area contributed by atoms with E-state index in [1.807, 2.05) is 31.2 Å². The number of pyridine rings is 1. The second kappa shape index (κ2) is 12.6. The molecule has 1 heterocycles. The number of carbonyl (C=O) groups excluding carboxylic acids is 1. The third kappa shape index (κ3) is 5.48. The number of aryl methyl sites for hydroxylation is 3. The first-order chi connectivity index (χ1) is 21.7. The van der Waals surface area contributed by atoms with E-state index in [1.165, 1.54) is 61.5 Å². The van der Waals surface area contributed by atoms with Crippen molar-refractivity contribution in [3.05, 3.63) is 137 Å². The summed E-state index contributed by atoms with van der Waals surface area (Å²) < 4.78 is 2.70. The van der Waals surface area contributed by atoms with Crippen LogP contribution in [0, 0.1) is 6.92 Å². The summed E-state index contributed by atoms with van der Waals surface area (Å²) in [6.07, 6.45) is 8.69.